The molecule has 3 aliphatic rings. The number of carbonyl (C=O) groups is 2. The van der Waals surface area contributed by atoms with E-state index >= 15 is 0 Å². The third-order valence-corrected chi connectivity index (χ3v) is 11.2. The predicted octanol–water partition coefficient (Wildman–Crippen LogP) is 4.00. The Morgan fingerprint density at radius 3 is 2.08 bits per heavy atom. The summed E-state index contributed by atoms with van der Waals surface area (Å²) >= 11 is 0. The number of aromatic amines is 1. The van der Waals surface area contributed by atoms with Crippen LogP contribution in [0, 0.1) is 25.2 Å². The number of aromatic hydroxyl groups is 2. The fourth-order valence-electron chi connectivity index (χ4n) is 9.07. The van der Waals surface area contributed by atoms with Crippen molar-refractivity contribution in [1.29, 1.82) is 5.26 Å². The number of ether oxygens (including phenoxy) is 4. The second-order valence-corrected chi connectivity index (χ2v) is 13.3. The fraction of sp³-hybridized carbons (Fsp3) is 0.395. The standard InChI is InChI=1S/C38H41N5O8/c1-17-34(48-4)20-13-25-30-29-21(35(49-5)18(2)37(51-7)33(29)46)12-24(42(30)3)26(14-39)43(25)27(28(20)32(45)36(17)50-6)16-41-38(47)31(44)22-15-40-23-11-9-8-10-19(22)23/h8-11,15,24-27,30,40,45-46H,12-13,16H2,1-7H3,(H,41,47)/t24-,25-,26-,27-,30-/m0/s1. The first kappa shape index (κ1) is 34.0. The van der Waals surface area contributed by atoms with Gasteiger partial charge in [-0.05, 0) is 39.8 Å². The number of piperazine rings is 1. The number of fused-ring (bicyclic) bond motifs is 8. The number of para-hydroxylation sites is 1. The maximum Gasteiger partial charge on any atom is 0.292 e. The van der Waals surface area contributed by atoms with Crippen LogP contribution in [0.4, 0.5) is 0 Å². The molecule has 4 N–H and O–H groups in total. The molecule has 0 aliphatic carbocycles. The number of phenolic OH excluding ortho intramolecular Hbond substituents is 2. The molecule has 7 rings (SSSR count). The summed E-state index contributed by atoms with van der Waals surface area (Å²) in [5, 5.41) is 38.1. The van der Waals surface area contributed by atoms with Crippen LogP contribution in [0.2, 0.25) is 0 Å². The van der Waals surface area contributed by atoms with Gasteiger partial charge in [0.2, 0.25) is 0 Å². The molecule has 1 amide bonds. The third kappa shape index (κ3) is 4.81. The van der Waals surface area contributed by atoms with E-state index in [0.29, 0.717) is 63.3 Å². The van der Waals surface area contributed by atoms with Crippen molar-refractivity contribution in [2.24, 2.45) is 0 Å². The maximum atomic E-state index is 13.6. The SMILES string of the molecule is COc1c(C)c(OC)c2c(c1O)[C@@H]1[C@@H]3Cc4c(OC)c(C)c(OC)c(O)c4[C@H](CNC(=O)C(=O)c4c[nH]c5ccccc45)N3[C@@H](C#N)[C@H](C2)N1C. The van der Waals surface area contributed by atoms with Gasteiger partial charge in [-0.15, -0.1) is 0 Å². The van der Waals surface area contributed by atoms with E-state index in [4.69, 9.17) is 18.9 Å². The highest BCUT2D eigenvalue weighted by atomic mass is 16.5. The summed E-state index contributed by atoms with van der Waals surface area (Å²) in [4.78, 5) is 34.3. The van der Waals surface area contributed by atoms with E-state index in [-0.39, 0.29) is 35.4 Å². The number of carbonyl (C=O) groups excluding carboxylic acids is 2. The third-order valence-electron chi connectivity index (χ3n) is 11.2. The number of ketones is 1. The van der Waals surface area contributed by atoms with Crippen molar-refractivity contribution in [3.8, 4) is 40.6 Å². The number of benzene rings is 3. The van der Waals surface area contributed by atoms with Gasteiger partial charge in [0.25, 0.3) is 11.7 Å². The first-order valence-electron chi connectivity index (χ1n) is 16.7. The molecule has 0 unspecified atom stereocenters. The number of rotatable bonds is 8. The van der Waals surface area contributed by atoms with Gasteiger partial charge in [-0.3, -0.25) is 19.4 Å². The summed E-state index contributed by atoms with van der Waals surface area (Å²) in [5.74, 6) is -0.0632. The zero-order valence-corrected chi connectivity index (χ0v) is 29.6. The fourth-order valence-corrected chi connectivity index (χ4v) is 9.07. The molecule has 1 saturated heterocycles. The molecule has 0 radical (unpaired) electrons. The van der Waals surface area contributed by atoms with Gasteiger partial charge in [-0.1, -0.05) is 18.2 Å². The molecule has 4 aromatic rings. The van der Waals surface area contributed by atoms with Gasteiger partial charge < -0.3 is 39.5 Å². The van der Waals surface area contributed by atoms with Crippen molar-refractivity contribution < 1.29 is 38.7 Å². The predicted molar refractivity (Wildman–Crippen MR) is 187 cm³/mol. The van der Waals surface area contributed by atoms with Crippen LogP contribution in [0.1, 0.15) is 55.8 Å². The number of hydrogen-bond donors (Lipinski definition) is 4. The van der Waals surface area contributed by atoms with Crippen molar-refractivity contribution in [3.63, 3.8) is 0 Å². The molecule has 3 aliphatic heterocycles. The van der Waals surface area contributed by atoms with Gasteiger partial charge in [0.15, 0.2) is 23.0 Å². The summed E-state index contributed by atoms with van der Waals surface area (Å²) in [6.45, 7) is 3.50. The lowest BCUT2D eigenvalue weighted by Gasteiger charge is -2.60. The van der Waals surface area contributed by atoms with E-state index in [1.54, 1.807) is 33.3 Å². The zero-order valence-electron chi connectivity index (χ0n) is 29.6. The van der Waals surface area contributed by atoms with Crippen molar-refractivity contribution in [1.82, 2.24) is 20.1 Å². The Kier molecular flexibility index (Phi) is 8.47. The van der Waals surface area contributed by atoms with Crippen LogP contribution in [0.3, 0.4) is 0 Å². The number of nitrogens with zero attached hydrogens (tertiary/aromatic N) is 3. The first-order chi connectivity index (χ1) is 24.5. The van der Waals surface area contributed by atoms with E-state index in [1.807, 2.05) is 31.0 Å². The highest BCUT2D eigenvalue weighted by Crippen LogP contribution is 2.58. The number of likely N-dealkylation sites (N-methyl/N-ethyl adjacent to an activating group) is 1. The lowest BCUT2D eigenvalue weighted by Crippen LogP contribution is -2.68. The van der Waals surface area contributed by atoms with Crippen LogP contribution in [-0.4, -0.2) is 96.8 Å². The first-order valence-corrected chi connectivity index (χ1v) is 16.7. The lowest BCUT2D eigenvalue weighted by atomic mass is 9.71. The van der Waals surface area contributed by atoms with E-state index in [1.165, 1.54) is 20.4 Å². The lowest BCUT2D eigenvalue weighted by molar-refractivity contribution is -0.118. The number of hydrogen-bond acceptors (Lipinski definition) is 11. The second-order valence-electron chi connectivity index (χ2n) is 13.3. The molecule has 1 fully saturated rings. The zero-order chi connectivity index (χ0) is 36.5. The van der Waals surface area contributed by atoms with Crippen LogP contribution in [0.25, 0.3) is 10.9 Å². The molecule has 5 atom stereocenters. The molecule has 2 bridgehead atoms. The van der Waals surface area contributed by atoms with Gasteiger partial charge in [0.1, 0.15) is 17.5 Å². The highest BCUT2D eigenvalue weighted by Gasteiger charge is 2.57. The molecule has 13 heteroatoms. The molecule has 3 aromatic carbocycles. The molecule has 13 nitrogen and oxygen atoms in total. The minimum atomic E-state index is -0.829. The molecule has 51 heavy (non-hydrogen) atoms. The van der Waals surface area contributed by atoms with Crippen molar-refractivity contribution in [2.45, 2.75) is 56.9 Å². The minimum Gasteiger partial charge on any atom is -0.504 e. The summed E-state index contributed by atoms with van der Waals surface area (Å²) in [6.07, 6.45) is 2.21. The Bertz CT molecular complexity index is 2140. The summed E-state index contributed by atoms with van der Waals surface area (Å²) in [7, 11) is 8.02. The van der Waals surface area contributed by atoms with Crippen LogP contribution in [-0.2, 0) is 17.6 Å². The molecule has 1 aromatic heterocycles. The van der Waals surface area contributed by atoms with E-state index in [9.17, 15) is 25.1 Å². The summed E-state index contributed by atoms with van der Waals surface area (Å²) in [5.41, 5.74) is 4.77. The second kappa shape index (κ2) is 12.7. The molecule has 4 heterocycles. The van der Waals surface area contributed by atoms with Crippen molar-refractivity contribution in [3.05, 3.63) is 69.4 Å². The van der Waals surface area contributed by atoms with Crippen LogP contribution < -0.4 is 24.3 Å². The minimum absolute atomic E-state index is 0.00263. The Hall–Kier alpha value is -5.45. The molecule has 0 spiro atoms. The molecular weight excluding hydrogens is 654 g/mol. The summed E-state index contributed by atoms with van der Waals surface area (Å²) in [6, 6.07) is 6.91. The number of nitriles is 1. The molecule has 266 valence electrons. The maximum absolute atomic E-state index is 13.6. The monoisotopic (exact) mass is 695 g/mol. The Balaban J connectivity index is 1.39. The number of phenols is 2. The Morgan fingerprint density at radius 2 is 1.47 bits per heavy atom. The van der Waals surface area contributed by atoms with E-state index in [2.05, 4.69) is 21.3 Å². The van der Waals surface area contributed by atoms with Gasteiger partial charge in [-0.2, -0.15) is 5.26 Å². The Labute approximate surface area is 295 Å². The molecular formula is C38H41N5O8. The van der Waals surface area contributed by atoms with E-state index in [0.717, 1.165) is 11.1 Å². The Morgan fingerprint density at radius 1 is 0.902 bits per heavy atom. The average molecular weight is 696 g/mol. The average Bonchev–Trinajstić information content (AvgIpc) is 3.55. The number of amides is 1. The number of Topliss-reactive ketones (excluding diaryl/α,β-unsaturated/α-hetero) is 1. The van der Waals surface area contributed by atoms with Crippen molar-refractivity contribution >= 4 is 22.6 Å². The number of methoxy groups -OCH3 is 4. The van der Waals surface area contributed by atoms with Gasteiger partial charge >= 0.3 is 0 Å². The van der Waals surface area contributed by atoms with Gasteiger partial charge in [0.05, 0.1) is 52.2 Å². The van der Waals surface area contributed by atoms with Crippen LogP contribution >= 0.6 is 0 Å². The summed E-state index contributed by atoms with van der Waals surface area (Å²) < 4.78 is 23.2. The quantitative estimate of drug-likeness (QED) is 0.155. The van der Waals surface area contributed by atoms with Gasteiger partial charge in [-0.25, -0.2) is 0 Å². The largest absolute Gasteiger partial charge is 0.504 e. The smallest absolute Gasteiger partial charge is 0.292 e. The highest BCUT2D eigenvalue weighted by molar-refractivity contribution is 6.45. The molecule has 0 saturated carbocycles. The number of nitrogens with one attached hydrogen (secondary N) is 2. The van der Waals surface area contributed by atoms with Crippen LogP contribution in [0.15, 0.2) is 30.5 Å². The topological polar surface area (TPSA) is 170 Å². The normalized spacial score (nSPS) is 22.3. The van der Waals surface area contributed by atoms with E-state index < -0.39 is 35.9 Å². The number of aromatic nitrogens is 1. The van der Waals surface area contributed by atoms with Gasteiger partial charge in [0, 0.05) is 69.1 Å². The van der Waals surface area contributed by atoms with Crippen LogP contribution in [0.5, 0.6) is 34.5 Å². The number of H-pyrrole nitrogens is 1. The van der Waals surface area contributed by atoms with Crippen molar-refractivity contribution in [2.75, 3.05) is 42.0 Å².